The van der Waals surface area contributed by atoms with E-state index in [1.165, 1.54) is 6.42 Å². The molecule has 1 aliphatic rings. The van der Waals surface area contributed by atoms with Crippen molar-refractivity contribution in [3.05, 3.63) is 39.0 Å². The van der Waals surface area contributed by atoms with Gasteiger partial charge in [-0.2, -0.15) is 0 Å². The Bertz CT molecular complexity index is 683. The van der Waals surface area contributed by atoms with Gasteiger partial charge < -0.3 is 10.2 Å². The van der Waals surface area contributed by atoms with Crippen LogP contribution in [0.5, 0.6) is 11.6 Å². The standard InChI is InChI=1S/C14H13Cl3N4O/c15-10-4-8(19-18)5-11(16)13(10)22-12-6-9(7-2-1-3-7)14(17)21-20-12/h4-7,19H,1-3,18H2. The summed E-state index contributed by atoms with van der Waals surface area (Å²) in [7, 11) is 0. The smallest absolute Gasteiger partial charge is 0.239 e. The van der Waals surface area contributed by atoms with Crippen molar-refractivity contribution in [3.8, 4) is 11.6 Å². The number of hydrogen-bond acceptors (Lipinski definition) is 5. The van der Waals surface area contributed by atoms with Crippen LogP contribution in [0.2, 0.25) is 15.2 Å². The highest BCUT2D eigenvalue weighted by Crippen LogP contribution is 2.42. The Morgan fingerprint density at radius 1 is 1.09 bits per heavy atom. The fourth-order valence-electron chi connectivity index (χ4n) is 2.27. The Balaban J connectivity index is 1.90. The molecule has 3 rings (SSSR count). The van der Waals surface area contributed by atoms with Gasteiger partial charge in [-0.05, 0) is 36.5 Å². The van der Waals surface area contributed by atoms with Crippen LogP contribution in [-0.4, -0.2) is 10.2 Å². The highest BCUT2D eigenvalue weighted by Gasteiger charge is 2.24. The number of hydrogen-bond donors (Lipinski definition) is 2. The van der Waals surface area contributed by atoms with Crippen LogP contribution in [0.15, 0.2) is 18.2 Å². The summed E-state index contributed by atoms with van der Waals surface area (Å²) in [5.41, 5.74) is 4.01. The predicted octanol–water partition coefficient (Wildman–Crippen LogP) is 4.78. The Morgan fingerprint density at radius 3 is 2.32 bits per heavy atom. The topological polar surface area (TPSA) is 73.1 Å². The number of aromatic nitrogens is 2. The Kier molecular flexibility index (Phi) is 4.59. The first-order valence-electron chi connectivity index (χ1n) is 6.75. The molecule has 0 unspecified atom stereocenters. The monoisotopic (exact) mass is 358 g/mol. The van der Waals surface area contributed by atoms with E-state index in [2.05, 4.69) is 15.6 Å². The molecule has 0 spiro atoms. The molecule has 0 saturated heterocycles. The molecule has 22 heavy (non-hydrogen) atoms. The Hall–Kier alpha value is -1.27. The number of nitrogen functional groups attached to an aromatic ring is 1. The third kappa shape index (κ3) is 3.08. The summed E-state index contributed by atoms with van der Waals surface area (Å²) in [4.78, 5) is 0. The molecule has 1 aromatic carbocycles. The SMILES string of the molecule is NNc1cc(Cl)c(Oc2cc(C3CCC3)c(Cl)nn2)c(Cl)c1. The molecule has 116 valence electrons. The van der Waals surface area contributed by atoms with Gasteiger partial charge in [-0.3, -0.25) is 5.84 Å². The molecular formula is C14H13Cl3N4O. The van der Waals surface area contributed by atoms with Gasteiger partial charge in [0.25, 0.3) is 0 Å². The number of nitrogens with one attached hydrogen (secondary N) is 1. The lowest BCUT2D eigenvalue weighted by atomic mass is 9.81. The average Bonchev–Trinajstić information content (AvgIpc) is 2.44. The van der Waals surface area contributed by atoms with E-state index in [1.54, 1.807) is 18.2 Å². The molecule has 3 N–H and O–H groups in total. The third-order valence-corrected chi connectivity index (χ3v) is 4.53. The number of benzene rings is 1. The molecule has 1 heterocycles. The first-order chi connectivity index (χ1) is 10.6. The molecule has 0 aliphatic heterocycles. The number of ether oxygens (including phenoxy) is 1. The third-order valence-electron chi connectivity index (χ3n) is 3.67. The highest BCUT2D eigenvalue weighted by molar-refractivity contribution is 6.37. The van der Waals surface area contributed by atoms with Crippen LogP contribution < -0.4 is 16.0 Å². The van der Waals surface area contributed by atoms with Crippen molar-refractivity contribution in [2.45, 2.75) is 25.2 Å². The first-order valence-corrected chi connectivity index (χ1v) is 7.88. The maximum atomic E-state index is 6.16. The van der Waals surface area contributed by atoms with E-state index >= 15 is 0 Å². The lowest BCUT2D eigenvalue weighted by molar-refractivity contribution is 0.410. The van der Waals surface area contributed by atoms with Crippen molar-refractivity contribution in [2.24, 2.45) is 5.84 Å². The number of anilines is 1. The van der Waals surface area contributed by atoms with E-state index in [4.69, 9.17) is 45.4 Å². The van der Waals surface area contributed by atoms with Gasteiger partial charge in [0.05, 0.1) is 15.7 Å². The minimum atomic E-state index is 0.304. The Labute approximate surface area is 142 Å². The summed E-state index contributed by atoms with van der Waals surface area (Å²) in [6.45, 7) is 0. The fraction of sp³-hybridized carbons (Fsp3) is 0.286. The van der Waals surface area contributed by atoms with Crippen LogP contribution in [0.3, 0.4) is 0 Å². The van der Waals surface area contributed by atoms with Gasteiger partial charge in [-0.25, -0.2) is 0 Å². The second kappa shape index (κ2) is 6.46. The van der Waals surface area contributed by atoms with Crippen LogP contribution in [0.1, 0.15) is 30.7 Å². The molecule has 0 atom stereocenters. The van der Waals surface area contributed by atoms with E-state index in [0.29, 0.717) is 38.4 Å². The lowest BCUT2D eigenvalue weighted by Gasteiger charge is -2.26. The normalized spacial score (nSPS) is 14.5. The quantitative estimate of drug-likeness (QED) is 0.607. The molecule has 0 bridgehead atoms. The van der Waals surface area contributed by atoms with E-state index in [0.717, 1.165) is 18.4 Å². The van der Waals surface area contributed by atoms with Gasteiger partial charge in [-0.1, -0.05) is 41.2 Å². The summed E-state index contributed by atoms with van der Waals surface area (Å²) in [6, 6.07) is 5.01. The summed E-state index contributed by atoms with van der Waals surface area (Å²) >= 11 is 18.4. The molecule has 5 nitrogen and oxygen atoms in total. The molecular weight excluding hydrogens is 347 g/mol. The molecule has 0 amide bonds. The number of nitrogens with zero attached hydrogens (tertiary/aromatic N) is 2. The fourth-order valence-corrected chi connectivity index (χ4v) is 3.08. The van der Waals surface area contributed by atoms with Gasteiger partial charge in [0, 0.05) is 6.07 Å². The van der Waals surface area contributed by atoms with Crippen molar-refractivity contribution < 1.29 is 4.74 Å². The lowest BCUT2D eigenvalue weighted by Crippen LogP contribution is -2.10. The van der Waals surface area contributed by atoms with Crippen LogP contribution in [0.4, 0.5) is 5.69 Å². The maximum Gasteiger partial charge on any atom is 0.239 e. The first kappa shape index (κ1) is 15.6. The van der Waals surface area contributed by atoms with Crippen molar-refractivity contribution >= 4 is 40.5 Å². The van der Waals surface area contributed by atoms with Gasteiger partial charge in [-0.15, -0.1) is 10.2 Å². The summed E-state index contributed by atoms with van der Waals surface area (Å²) in [5, 5.41) is 8.94. The molecule has 1 aliphatic carbocycles. The summed E-state index contributed by atoms with van der Waals surface area (Å²) in [5.74, 6) is 6.37. The molecule has 1 saturated carbocycles. The van der Waals surface area contributed by atoms with Gasteiger partial charge >= 0.3 is 0 Å². The largest absolute Gasteiger partial charge is 0.434 e. The summed E-state index contributed by atoms with van der Waals surface area (Å²) in [6.07, 6.45) is 3.40. The van der Waals surface area contributed by atoms with Gasteiger partial charge in [0.1, 0.15) is 0 Å². The van der Waals surface area contributed by atoms with E-state index in [9.17, 15) is 0 Å². The van der Waals surface area contributed by atoms with E-state index in [-0.39, 0.29) is 0 Å². The van der Waals surface area contributed by atoms with Crippen molar-refractivity contribution in [1.29, 1.82) is 0 Å². The van der Waals surface area contributed by atoms with Crippen LogP contribution in [0, 0.1) is 0 Å². The number of halogens is 3. The molecule has 0 radical (unpaired) electrons. The summed E-state index contributed by atoms with van der Waals surface area (Å²) < 4.78 is 5.69. The zero-order valence-electron chi connectivity index (χ0n) is 11.4. The highest BCUT2D eigenvalue weighted by atomic mass is 35.5. The van der Waals surface area contributed by atoms with Crippen LogP contribution >= 0.6 is 34.8 Å². The molecule has 1 fully saturated rings. The zero-order chi connectivity index (χ0) is 15.7. The molecule has 1 aromatic heterocycles. The zero-order valence-corrected chi connectivity index (χ0v) is 13.7. The molecule has 2 aromatic rings. The van der Waals surface area contributed by atoms with E-state index < -0.39 is 0 Å². The number of hydrazine groups is 1. The second-order valence-electron chi connectivity index (χ2n) is 5.07. The van der Waals surface area contributed by atoms with E-state index in [1.807, 2.05) is 0 Å². The number of nitrogens with two attached hydrogens (primary N) is 1. The van der Waals surface area contributed by atoms with Crippen LogP contribution in [0.25, 0.3) is 0 Å². The van der Waals surface area contributed by atoms with Crippen molar-refractivity contribution in [1.82, 2.24) is 10.2 Å². The maximum absolute atomic E-state index is 6.16. The van der Waals surface area contributed by atoms with Gasteiger partial charge in [0.2, 0.25) is 5.88 Å². The Morgan fingerprint density at radius 2 is 1.77 bits per heavy atom. The molecule has 8 heteroatoms. The van der Waals surface area contributed by atoms with Crippen molar-refractivity contribution in [3.63, 3.8) is 0 Å². The minimum Gasteiger partial charge on any atom is -0.434 e. The second-order valence-corrected chi connectivity index (χ2v) is 6.24. The van der Waals surface area contributed by atoms with Gasteiger partial charge in [0.15, 0.2) is 10.9 Å². The van der Waals surface area contributed by atoms with Crippen molar-refractivity contribution in [2.75, 3.05) is 5.43 Å². The number of rotatable bonds is 4. The minimum absolute atomic E-state index is 0.304. The van der Waals surface area contributed by atoms with Crippen LogP contribution in [-0.2, 0) is 0 Å². The predicted molar refractivity (Wildman–Crippen MR) is 88.0 cm³/mol. The average molecular weight is 360 g/mol.